The lowest BCUT2D eigenvalue weighted by Gasteiger charge is -2.33. The molecule has 0 aliphatic heterocycles. The van der Waals surface area contributed by atoms with Gasteiger partial charge in [-0.3, -0.25) is 14.8 Å². The van der Waals surface area contributed by atoms with Gasteiger partial charge in [0.05, 0.1) is 36.8 Å². The molecule has 1 aromatic heterocycles. The number of nitro groups is 1. The van der Waals surface area contributed by atoms with Gasteiger partial charge in [-0.25, -0.2) is 0 Å². The SMILES string of the molecule is Cn1ncc([N+](=O)[O-])c1C[N+](C)(CCCl)CCCl. The second kappa shape index (κ2) is 6.36. The van der Waals surface area contributed by atoms with Crippen molar-refractivity contribution in [2.24, 2.45) is 7.05 Å². The molecule has 0 saturated heterocycles. The maximum atomic E-state index is 10.9. The highest BCUT2D eigenvalue weighted by Gasteiger charge is 2.29. The molecule has 1 rings (SSSR count). The molecule has 0 radical (unpaired) electrons. The Labute approximate surface area is 116 Å². The van der Waals surface area contributed by atoms with Crippen molar-refractivity contribution in [3.8, 4) is 0 Å². The van der Waals surface area contributed by atoms with E-state index in [1.54, 1.807) is 7.05 Å². The summed E-state index contributed by atoms with van der Waals surface area (Å²) in [6, 6.07) is 0. The molecule has 18 heavy (non-hydrogen) atoms. The molecular weight excluding hydrogens is 279 g/mol. The number of nitrogens with zero attached hydrogens (tertiary/aromatic N) is 4. The van der Waals surface area contributed by atoms with Crippen molar-refractivity contribution in [3.05, 3.63) is 22.0 Å². The fourth-order valence-electron chi connectivity index (χ4n) is 1.83. The van der Waals surface area contributed by atoms with E-state index in [9.17, 15) is 10.1 Å². The van der Waals surface area contributed by atoms with Crippen molar-refractivity contribution >= 4 is 28.9 Å². The Morgan fingerprint density at radius 1 is 1.44 bits per heavy atom. The molecule has 0 atom stereocenters. The minimum atomic E-state index is -0.409. The van der Waals surface area contributed by atoms with E-state index in [-0.39, 0.29) is 5.69 Å². The fraction of sp³-hybridized carbons (Fsp3) is 0.700. The number of rotatable bonds is 7. The first-order valence-corrected chi connectivity index (χ1v) is 6.61. The highest BCUT2D eigenvalue weighted by Crippen LogP contribution is 2.21. The van der Waals surface area contributed by atoms with Crippen LogP contribution in [0.4, 0.5) is 5.69 Å². The largest absolute Gasteiger partial charge is 0.319 e. The van der Waals surface area contributed by atoms with E-state index in [0.717, 1.165) is 0 Å². The Hall–Kier alpha value is -0.850. The number of aryl methyl sites for hydroxylation is 1. The number of hydrogen-bond donors (Lipinski definition) is 0. The minimum Gasteiger partial charge on any atom is -0.319 e. The summed E-state index contributed by atoms with van der Waals surface area (Å²) in [5.74, 6) is 0.970. The van der Waals surface area contributed by atoms with Crippen LogP contribution in [0, 0.1) is 10.1 Å². The van der Waals surface area contributed by atoms with Crippen molar-refractivity contribution < 1.29 is 9.41 Å². The van der Waals surface area contributed by atoms with Gasteiger partial charge in [0.1, 0.15) is 12.7 Å². The molecule has 0 spiro atoms. The van der Waals surface area contributed by atoms with Crippen LogP contribution in [0.1, 0.15) is 5.69 Å². The van der Waals surface area contributed by atoms with Crippen LogP contribution in [0.3, 0.4) is 0 Å². The average molecular weight is 296 g/mol. The Balaban J connectivity index is 2.99. The van der Waals surface area contributed by atoms with Crippen molar-refractivity contribution in [2.45, 2.75) is 6.54 Å². The summed E-state index contributed by atoms with van der Waals surface area (Å²) in [6.07, 6.45) is 1.28. The van der Waals surface area contributed by atoms with Crippen molar-refractivity contribution in [3.63, 3.8) is 0 Å². The summed E-state index contributed by atoms with van der Waals surface area (Å²) in [4.78, 5) is 10.5. The van der Waals surface area contributed by atoms with Gasteiger partial charge in [-0.1, -0.05) is 0 Å². The fourth-order valence-corrected chi connectivity index (χ4v) is 2.64. The van der Waals surface area contributed by atoms with E-state index in [2.05, 4.69) is 5.10 Å². The molecule has 0 aliphatic rings. The molecule has 0 unspecified atom stereocenters. The van der Waals surface area contributed by atoms with Crippen LogP contribution >= 0.6 is 23.2 Å². The molecule has 1 aromatic rings. The van der Waals surface area contributed by atoms with Gasteiger partial charge >= 0.3 is 5.69 Å². The summed E-state index contributed by atoms with van der Waals surface area (Å²) in [5.41, 5.74) is 0.642. The third-order valence-electron chi connectivity index (χ3n) is 3.02. The van der Waals surface area contributed by atoms with Crippen LogP contribution in [0.5, 0.6) is 0 Å². The summed E-state index contributed by atoms with van der Waals surface area (Å²) in [5, 5.41) is 14.9. The quantitative estimate of drug-likeness (QED) is 0.333. The first-order chi connectivity index (χ1) is 8.43. The predicted octanol–water partition coefficient (Wildman–Crippen LogP) is 1.75. The highest BCUT2D eigenvalue weighted by molar-refractivity contribution is 6.18. The van der Waals surface area contributed by atoms with Gasteiger partial charge in [-0.05, 0) is 0 Å². The third-order valence-corrected chi connectivity index (χ3v) is 3.35. The molecule has 0 aliphatic carbocycles. The van der Waals surface area contributed by atoms with E-state index < -0.39 is 4.92 Å². The summed E-state index contributed by atoms with van der Waals surface area (Å²) >= 11 is 11.6. The predicted molar refractivity (Wildman–Crippen MR) is 70.9 cm³/mol. The normalized spacial score (nSPS) is 11.8. The maximum absolute atomic E-state index is 10.9. The van der Waals surface area contributed by atoms with Gasteiger partial charge in [-0.2, -0.15) is 5.10 Å². The summed E-state index contributed by atoms with van der Waals surface area (Å²) in [6.45, 7) is 1.90. The topological polar surface area (TPSA) is 61.0 Å². The molecule has 0 fully saturated rings. The Bertz CT molecular complexity index is 416. The van der Waals surface area contributed by atoms with E-state index in [1.807, 2.05) is 7.05 Å². The second-order valence-electron chi connectivity index (χ2n) is 4.46. The molecule has 0 saturated carbocycles. The van der Waals surface area contributed by atoms with Crippen LogP contribution in [-0.2, 0) is 13.6 Å². The zero-order valence-electron chi connectivity index (χ0n) is 10.5. The molecule has 0 aromatic carbocycles. The standard InChI is InChI=1S/C10H17Cl2N4O2/c1-14-10(9(7-13-14)15(17)18)8-16(2,5-3-11)6-4-12/h7H,3-6,8H2,1-2H3/q+1. The zero-order valence-corrected chi connectivity index (χ0v) is 12.0. The van der Waals surface area contributed by atoms with Crippen molar-refractivity contribution in [1.29, 1.82) is 0 Å². The van der Waals surface area contributed by atoms with Crippen LogP contribution in [0.15, 0.2) is 6.20 Å². The van der Waals surface area contributed by atoms with Gasteiger partial charge in [-0.15, -0.1) is 23.2 Å². The lowest BCUT2D eigenvalue weighted by molar-refractivity contribution is -0.918. The second-order valence-corrected chi connectivity index (χ2v) is 5.22. The summed E-state index contributed by atoms with van der Waals surface area (Å²) in [7, 11) is 3.69. The number of halogens is 2. The maximum Gasteiger partial charge on any atom is 0.316 e. The third kappa shape index (κ3) is 3.57. The Kier molecular flexibility index (Phi) is 5.37. The first kappa shape index (κ1) is 15.2. The zero-order chi connectivity index (χ0) is 13.8. The molecule has 102 valence electrons. The van der Waals surface area contributed by atoms with E-state index >= 15 is 0 Å². The molecule has 6 nitrogen and oxygen atoms in total. The lowest BCUT2D eigenvalue weighted by Crippen LogP contribution is -2.46. The van der Waals surface area contributed by atoms with Crippen molar-refractivity contribution in [2.75, 3.05) is 31.9 Å². The summed E-state index contributed by atoms with van der Waals surface area (Å²) < 4.78 is 2.10. The van der Waals surface area contributed by atoms with Crippen molar-refractivity contribution in [1.82, 2.24) is 9.78 Å². The van der Waals surface area contributed by atoms with Gasteiger partial charge in [0.15, 0.2) is 5.69 Å². The van der Waals surface area contributed by atoms with Crippen LogP contribution < -0.4 is 0 Å². The number of alkyl halides is 2. The minimum absolute atomic E-state index is 0.0472. The van der Waals surface area contributed by atoms with Gasteiger partial charge in [0.25, 0.3) is 0 Å². The van der Waals surface area contributed by atoms with E-state index in [0.29, 0.717) is 41.6 Å². The van der Waals surface area contributed by atoms with Crippen LogP contribution in [-0.4, -0.2) is 51.1 Å². The van der Waals surface area contributed by atoms with Gasteiger partial charge in [0, 0.05) is 7.05 Å². The van der Waals surface area contributed by atoms with Gasteiger partial charge < -0.3 is 4.48 Å². The Morgan fingerprint density at radius 2 is 2.00 bits per heavy atom. The van der Waals surface area contributed by atoms with Crippen LogP contribution in [0.2, 0.25) is 0 Å². The molecular formula is C10H17Cl2N4O2+. The average Bonchev–Trinajstić information content (AvgIpc) is 2.61. The first-order valence-electron chi connectivity index (χ1n) is 5.54. The smallest absolute Gasteiger partial charge is 0.316 e. The molecule has 8 heteroatoms. The van der Waals surface area contributed by atoms with Gasteiger partial charge in [0.2, 0.25) is 0 Å². The number of quaternary nitrogens is 1. The number of hydrogen-bond acceptors (Lipinski definition) is 3. The van der Waals surface area contributed by atoms with E-state index in [1.165, 1.54) is 10.9 Å². The van der Waals surface area contributed by atoms with E-state index in [4.69, 9.17) is 23.2 Å². The monoisotopic (exact) mass is 295 g/mol. The van der Waals surface area contributed by atoms with Crippen LogP contribution in [0.25, 0.3) is 0 Å². The number of aromatic nitrogens is 2. The molecule has 0 amide bonds. The Morgan fingerprint density at radius 3 is 2.44 bits per heavy atom. The molecule has 0 bridgehead atoms. The lowest BCUT2D eigenvalue weighted by atomic mass is 10.3. The molecule has 0 N–H and O–H groups in total. The highest BCUT2D eigenvalue weighted by atomic mass is 35.5. The molecule has 1 heterocycles.